The molecule has 3 heteroatoms. The van der Waals surface area contributed by atoms with Gasteiger partial charge in [0.25, 0.3) is 0 Å². The lowest BCUT2D eigenvalue weighted by Gasteiger charge is -2.13. The first-order chi connectivity index (χ1) is 7.06. The van der Waals surface area contributed by atoms with E-state index in [1.807, 2.05) is 20.2 Å². The van der Waals surface area contributed by atoms with Gasteiger partial charge in [0.15, 0.2) is 6.29 Å². The van der Waals surface area contributed by atoms with Crippen LogP contribution in [-0.4, -0.2) is 39.0 Å². The van der Waals surface area contributed by atoms with Crippen molar-refractivity contribution < 1.29 is 9.53 Å². The normalized spacial score (nSPS) is 13.5. The largest absolute Gasteiger partial charge is 0.380 e. The summed E-state index contributed by atoms with van der Waals surface area (Å²) in [5.74, 6) is 0. The Hall–Kier alpha value is -1.09. The molecule has 0 aromatic rings. The molecule has 0 atom stereocenters. The lowest BCUT2D eigenvalue weighted by molar-refractivity contribution is -0.105. The molecule has 0 rings (SSSR count). The van der Waals surface area contributed by atoms with Crippen LogP contribution in [0.15, 0.2) is 22.9 Å². The molecule has 15 heavy (non-hydrogen) atoms. The summed E-state index contributed by atoms with van der Waals surface area (Å²) in [6.45, 7) is 4.70. The van der Waals surface area contributed by atoms with E-state index in [-0.39, 0.29) is 0 Å². The van der Waals surface area contributed by atoms with E-state index in [2.05, 4.69) is 13.8 Å². The van der Waals surface area contributed by atoms with Gasteiger partial charge in [0.05, 0.1) is 12.3 Å². The van der Waals surface area contributed by atoms with Gasteiger partial charge in [0.2, 0.25) is 0 Å². The average Bonchev–Trinajstić information content (AvgIpc) is 2.22. The van der Waals surface area contributed by atoms with Crippen molar-refractivity contribution in [2.24, 2.45) is 0 Å². The Morgan fingerprint density at radius 1 is 1.40 bits per heavy atom. The summed E-state index contributed by atoms with van der Waals surface area (Å²) >= 11 is 0. The average molecular weight is 211 g/mol. The van der Waals surface area contributed by atoms with Crippen molar-refractivity contribution >= 4 is 6.29 Å². The van der Waals surface area contributed by atoms with Crippen LogP contribution >= 0.6 is 0 Å². The summed E-state index contributed by atoms with van der Waals surface area (Å²) < 4.78 is 5.12. The predicted octanol–water partition coefficient (Wildman–Crippen LogP) is 2.00. The van der Waals surface area contributed by atoms with Gasteiger partial charge in [-0.2, -0.15) is 0 Å². The van der Waals surface area contributed by atoms with E-state index in [0.29, 0.717) is 12.3 Å². The van der Waals surface area contributed by atoms with Crippen LogP contribution in [0, 0.1) is 0 Å². The fraction of sp³-hybridized carbons (Fsp3) is 0.583. The number of allylic oxidation sites excluding steroid dienone is 2. The lowest BCUT2D eigenvalue weighted by Crippen LogP contribution is -2.13. The van der Waals surface area contributed by atoms with Crippen LogP contribution in [0.25, 0.3) is 0 Å². The summed E-state index contributed by atoms with van der Waals surface area (Å²) in [5.41, 5.74) is 2.99. The van der Waals surface area contributed by atoms with Crippen molar-refractivity contribution in [3.05, 3.63) is 22.9 Å². The Balaban J connectivity index is 5.02. The van der Waals surface area contributed by atoms with E-state index in [1.165, 1.54) is 5.57 Å². The van der Waals surface area contributed by atoms with E-state index in [1.54, 1.807) is 12.0 Å². The Labute approximate surface area is 92.4 Å². The molecule has 0 unspecified atom stereocenters. The highest BCUT2D eigenvalue weighted by atomic mass is 16.5. The van der Waals surface area contributed by atoms with Crippen molar-refractivity contribution in [2.45, 2.75) is 20.3 Å². The Morgan fingerprint density at radius 3 is 2.33 bits per heavy atom. The first-order valence-corrected chi connectivity index (χ1v) is 5.08. The molecule has 0 N–H and O–H groups in total. The van der Waals surface area contributed by atoms with Gasteiger partial charge in [0, 0.05) is 21.2 Å². The number of hydrogen-bond acceptors (Lipinski definition) is 3. The molecular formula is C12H21NO2. The molecular weight excluding hydrogens is 190 g/mol. The molecule has 0 aliphatic heterocycles. The van der Waals surface area contributed by atoms with Crippen LogP contribution in [-0.2, 0) is 9.53 Å². The van der Waals surface area contributed by atoms with Crippen molar-refractivity contribution in [2.75, 3.05) is 27.8 Å². The molecule has 0 spiro atoms. The zero-order valence-corrected chi connectivity index (χ0v) is 10.3. The summed E-state index contributed by atoms with van der Waals surface area (Å²) in [6.07, 6.45) is 3.71. The van der Waals surface area contributed by atoms with Gasteiger partial charge in [0.1, 0.15) is 0 Å². The van der Waals surface area contributed by atoms with Gasteiger partial charge in [-0.25, -0.2) is 0 Å². The highest BCUT2D eigenvalue weighted by molar-refractivity contribution is 5.73. The highest BCUT2D eigenvalue weighted by Gasteiger charge is 2.03. The van der Waals surface area contributed by atoms with Crippen LogP contribution in [0.3, 0.4) is 0 Å². The van der Waals surface area contributed by atoms with Crippen LogP contribution in [0.2, 0.25) is 0 Å². The second kappa shape index (κ2) is 7.23. The van der Waals surface area contributed by atoms with Crippen LogP contribution < -0.4 is 0 Å². The van der Waals surface area contributed by atoms with Gasteiger partial charge in [-0.15, -0.1) is 0 Å². The molecule has 0 aromatic carbocycles. The first-order valence-electron chi connectivity index (χ1n) is 5.08. The third kappa shape index (κ3) is 4.79. The minimum Gasteiger partial charge on any atom is -0.380 e. The fourth-order valence-corrected chi connectivity index (χ4v) is 1.12. The number of aldehydes is 1. The topological polar surface area (TPSA) is 29.5 Å². The molecule has 0 aromatic heterocycles. The maximum atomic E-state index is 10.8. The number of hydrogen-bond donors (Lipinski definition) is 0. The zero-order valence-electron chi connectivity index (χ0n) is 10.3. The van der Waals surface area contributed by atoms with Gasteiger partial charge in [-0.05, 0) is 25.0 Å². The molecule has 0 bridgehead atoms. The van der Waals surface area contributed by atoms with E-state index in [9.17, 15) is 4.79 Å². The van der Waals surface area contributed by atoms with E-state index >= 15 is 0 Å². The molecule has 0 radical (unpaired) electrons. The Bertz CT molecular complexity index is 265. The molecule has 3 nitrogen and oxygen atoms in total. The molecule has 0 fully saturated rings. The summed E-state index contributed by atoms with van der Waals surface area (Å²) in [4.78, 5) is 12.6. The number of rotatable bonds is 6. The van der Waals surface area contributed by atoms with Gasteiger partial charge >= 0.3 is 0 Å². The fourth-order valence-electron chi connectivity index (χ4n) is 1.12. The maximum absolute atomic E-state index is 10.8. The Kier molecular flexibility index (Phi) is 6.71. The molecule has 0 aliphatic carbocycles. The molecule has 0 aliphatic rings. The molecule has 0 saturated carbocycles. The van der Waals surface area contributed by atoms with E-state index in [0.717, 1.165) is 18.3 Å². The van der Waals surface area contributed by atoms with Crippen molar-refractivity contribution in [3.63, 3.8) is 0 Å². The standard InChI is InChI=1S/C12H21NO2/c1-6-10(2)11(9-15-5)7-12(8-14)13(3)4/h7-8H,6,9H2,1-5H3/b11-10-,12-7-. The summed E-state index contributed by atoms with van der Waals surface area (Å²) in [7, 11) is 5.37. The second-order valence-corrected chi connectivity index (χ2v) is 3.67. The minimum atomic E-state index is 0.546. The monoisotopic (exact) mass is 211 g/mol. The SMILES string of the molecule is CC/C(C)=C(/C=C(/C=O)N(C)C)COC. The number of likely N-dealkylation sites (N-methyl/N-ethyl adjacent to an activating group) is 1. The number of carbonyl (C=O) groups excluding carboxylic acids is 1. The minimum absolute atomic E-state index is 0.546. The van der Waals surface area contributed by atoms with Gasteiger partial charge < -0.3 is 9.64 Å². The maximum Gasteiger partial charge on any atom is 0.166 e. The van der Waals surface area contributed by atoms with Gasteiger partial charge in [-0.1, -0.05) is 12.5 Å². The number of methoxy groups -OCH3 is 1. The van der Waals surface area contributed by atoms with Crippen LogP contribution in [0.1, 0.15) is 20.3 Å². The van der Waals surface area contributed by atoms with Crippen molar-refractivity contribution in [1.29, 1.82) is 0 Å². The van der Waals surface area contributed by atoms with Crippen molar-refractivity contribution in [3.8, 4) is 0 Å². The molecule has 0 amide bonds. The summed E-state index contributed by atoms with van der Waals surface area (Å²) in [6, 6.07) is 0. The molecule has 0 heterocycles. The lowest BCUT2D eigenvalue weighted by atomic mass is 10.1. The molecule has 86 valence electrons. The smallest absolute Gasteiger partial charge is 0.166 e. The van der Waals surface area contributed by atoms with Crippen LogP contribution in [0.5, 0.6) is 0 Å². The number of nitrogens with zero attached hydrogens (tertiary/aromatic N) is 1. The van der Waals surface area contributed by atoms with Crippen molar-refractivity contribution in [1.82, 2.24) is 4.90 Å². The first kappa shape index (κ1) is 13.9. The number of carbonyl (C=O) groups is 1. The summed E-state index contributed by atoms with van der Waals surface area (Å²) in [5, 5.41) is 0. The quantitative estimate of drug-likeness (QED) is 0.382. The third-order valence-corrected chi connectivity index (χ3v) is 2.34. The van der Waals surface area contributed by atoms with Gasteiger partial charge in [-0.3, -0.25) is 4.79 Å². The Morgan fingerprint density at radius 2 is 2.00 bits per heavy atom. The highest BCUT2D eigenvalue weighted by Crippen LogP contribution is 2.12. The molecule has 0 saturated heterocycles. The number of ether oxygens (including phenoxy) is 1. The van der Waals surface area contributed by atoms with Crippen LogP contribution in [0.4, 0.5) is 0 Å². The predicted molar refractivity (Wildman–Crippen MR) is 62.7 cm³/mol. The van der Waals surface area contributed by atoms with E-state index < -0.39 is 0 Å². The second-order valence-electron chi connectivity index (χ2n) is 3.67. The van der Waals surface area contributed by atoms with E-state index in [4.69, 9.17) is 4.74 Å². The third-order valence-electron chi connectivity index (χ3n) is 2.34. The zero-order chi connectivity index (χ0) is 11.8.